The molecule has 0 fully saturated rings. The van der Waals surface area contributed by atoms with E-state index in [1.807, 2.05) is 0 Å². The third kappa shape index (κ3) is 15.8. The number of nitrogens with one attached hydrogen (secondary N) is 2. The van der Waals surface area contributed by atoms with Gasteiger partial charge in [0.1, 0.15) is 5.78 Å². The average Bonchev–Trinajstić information content (AvgIpc) is 2.43. The van der Waals surface area contributed by atoms with Gasteiger partial charge in [-0.25, -0.2) is 0 Å². The Bertz CT molecular complexity index is 333. The first kappa shape index (κ1) is 24.4. The van der Waals surface area contributed by atoms with Gasteiger partial charge in [-0.05, 0) is 45.0 Å². The number of hydrogen-bond donors (Lipinski definition) is 3. The molecule has 0 aliphatic carbocycles. The Morgan fingerprint density at radius 2 is 1.57 bits per heavy atom. The van der Waals surface area contributed by atoms with E-state index in [-0.39, 0.29) is 31.3 Å². The molecule has 23 heavy (non-hydrogen) atoms. The van der Waals surface area contributed by atoms with Gasteiger partial charge in [-0.15, -0.1) is 0 Å². The van der Waals surface area contributed by atoms with Crippen molar-refractivity contribution < 1.29 is 14.4 Å². The lowest BCUT2D eigenvalue weighted by Gasteiger charge is -2.15. The molecule has 0 bridgehead atoms. The third-order valence-electron chi connectivity index (χ3n) is 3.30. The van der Waals surface area contributed by atoms with E-state index in [2.05, 4.69) is 23.3 Å². The summed E-state index contributed by atoms with van der Waals surface area (Å²) in [5, 5.41) is 5.87. The largest absolute Gasteiger partial charge is 0.346 e. The van der Waals surface area contributed by atoms with E-state index in [4.69, 9.17) is 0 Å². The molecular formula is C17H34N2O3S. The fourth-order valence-electron chi connectivity index (χ4n) is 2.18. The maximum Gasteiger partial charge on any atom is 0.217 e. The van der Waals surface area contributed by atoms with Gasteiger partial charge in [0.15, 0.2) is 5.78 Å². The average molecular weight is 347 g/mol. The van der Waals surface area contributed by atoms with E-state index in [1.54, 1.807) is 0 Å². The maximum atomic E-state index is 12.0. The lowest BCUT2D eigenvalue weighted by Crippen LogP contribution is -2.41. The zero-order chi connectivity index (χ0) is 16.8. The van der Waals surface area contributed by atoms with Gasteiger partial charge >= 0.3 is 0 Å². The Kier molecular flexibility index (Phi) is 16.9. The predicted octanol–water partition coefficient (Wildman–Crippen LogP) is 2.54. The quantitative estimate of drug-likeness (QED) is 0.334. The molecule has 0 aromatic rings. The zero-order valence-electron chi connectivity index (χ0n) is 13.8. The molecular weight excluding hydrogens is 312 g/mol. The summed E-state index contributed by atoms with van der Waals surface area (Å²) >= 11 is 4.17. The summed E-state index contributed by atoms with van der Waals surface area (Å²) in [4.78, 5) is 34.2. The first-order valence-electron chi connectivity index (χ1n) is 8.08. The number of carbonyl (C=O) groups excluding carboxylic acids is 3. The van der Waals surface area contributed by atoms with E-state index < -0.39 is 6.04 Å². The van der Waals surface area contributed by atoms with Crippen molar-refractivity contribution in [2.24, 2.45) is 0 Å². The molecule has 1 atom stereocenters. The van der Waals surface area contributed by atoms with Crippen molar-refractivity contribution in [3.05, 3.63) is 0 Å². The van der Waals surface area contributed by atoms with Crippen LogP contribution in [0.4, 0.5) is 0 Å². The highest BCUT2D eigenvalue weighted by Gasteiger charge is 2.20. The normalized spacial score (nSPS) is 11.4. The second-order valence-corrected chi connectivity index (χ2v) is 6.06. The fourth-order valence-corrected chi connectivity index (χ4v) is 2.40. The van der Waals surface area contributed by atoms with E-state index in [0.29, 0.717) is 6.42 Å². The molecule has 0 radical (unpaired) electrons. The van der Waals surface area contributed by atoms with Crippen LogP contribution in [0.1, 0.15) is 66.2 Å². The molecule has 0 aromatic carbocycles. The van der Waals surface area contributed by atoms with Gasteiger partial charge in [0.25, 0.3) is 0 Å². The SMILES string of the molecule is C.CC(=O)C[C@H](NC(C)=O)C(=O)CCCNCCCCCCS. The first-order valence-corrected chi connectivity index (χ1v) is 8.71. The van der Waals surface area contributed by atoms with Crippen molar-refractivity contribution in [1.82, 2.24) is 10.6 Å². The molecule has 6 heteroatoms. The molecule has 0 heterocycles. The lowest BCUT2D eigenvalue weighted by atomic mass is 10.0. The summed E-state index contributed by atoms with van der Waals surface area (Å²) in [6.45, 7) is 4.53. The van der Waals surface area contributed by atoms with Crippen LogP contribution in [0.3, 0.4) is 0 Å². The van der Waals surface area contributed by atoms with Gasteiger partial charge in [0.2, 0.25) is 5.91 Å². The van der Waals surface area contributed by atoms with Crippen LogP contribution in [-0.4, -0.2) is 42.4 Å². The molecule has 2 N–H and O–H groups in total. The van der Waals surface area contributed by atoms with Crippen molar-refractivity contribution in [2.75, 3.05) is 18.8 Å². The lowest BCUT2D eigenvalue weighted by molar-refractivity contribution is -0.129. The van der Waals surface area contributed by atoms with Gasteiger partial charge in [0, 0.05) is 19.8 Å². The highest BCUT2D eigenvalue weighted by Crippen LogP contribution is 2.02. The van der Waals surface area contributed by atoms with Crippen molar-refractivity contribution in [3.8, 4) is 0 Å². The number of unbranched alkanes of at least 4 members (excludes halogenated alkanes) is 3. The zero-order valence-corrected chi connectivity index (χ0v) is 14.7. The number of rotatable bonds is 14. The number of Topliss-reactive ketones (excluding diaryl/α,β-unsaturated/α-hetero) is 2. The summed E-state index contributed by atoms with van der Waals surface area (Å²) in [6.07, 6.45) is 5.91. The molecule has 0 aliphatic rings. The molecule has 1 amide bonds. The summed E-state index contributed by atoms with van der Waals surface area (Å²) in [5.41, 5.74) is 0. The Balaban J connectivity index is 0. The van der Waals surface area contributed by atoms with Gasteiger partial charge in [0.05, 0.1) is 6.04 Å². The van der Waals surface area contributed by atoms with E-state index in [1.165, 1.54) is 26.7 Å². The molecule has 0 aliphatic heterocycles. The summed E-state index contributed by atoms with van der Waals surface area (Å²) in [6, 6.07) is -0.670. The van der Waals surface area contributed by atoms with Crippen LogP contribution in [0.15, 0.2) is 0 Å². The van der Waals surface area contributed by atoms with Crippen LogP contribution in [-0.2, 0) is 14.4 Å². The third-order valence-corrected chi connectivity index (χ3v) is 3.61. The topological polar surface area (TPSA) is 75.3 Å². The second kappa shape index (κ2) is 16.0. The molecule has 0 saturated heterocycles. The molecule has 0 aromatic heterocycles. The van der Waals surface area contributed by atoms with Crippen LogP contribution >= 0.6 is 12.6 Å². The molecule has 0 saturated carbocycles. The van der Waals surface area contributed by atoms with E-state index in [9.17, 15) is 14.4 Å². The number of amides is 1. The van der Waals surface area contributed by atoms with Gasteiger partial charge in [-0.3, -0.25) is 14.4 Å². The van der Waals surface area contributed by atoms with Crippen molar-refractivity contribution in [3.63, 3.8) is 0 Å². The monoisotopic (exact) mass is 346 g/mol. The molecule has 5 nitrogen and oxygen atoms in total. The van der Waals surface area contributed by atoms with Crippen molar-refractivity contribution in [2.45, 2.75) is 72.3 Å². The molecule has 136 valence electrons. The van der Waals surface area contributed by atoms with Crippen LogP contribution < -0.4 is 10.6 Å². The van der Waals surface area contributed by atoms with Crippen LogP contribution in [0.5, 0.6) is 0 Å². The highest BCUT2D eigenvalue weighted by atomic mass is 32.1. The number of thiol groups is 1. The van der Waals surface area contributed by atoms with Gasteiger partial charge < -0.3 is 10.6 Å². The minimum atomic E-state index is -0.670. The summed E-state index contributed by atoms with van der Waals surface area (Å²) in [5.74, 6) is 0.511. The fraction of sp³-hybridized carbons (Fsp3) is 0.824. The number of hydrogen-bond acceptors (Lipinski definition) is 5. The molecule has 0 spiro atoms. The predicted molar refractivity (Wildman–Crippen MR) is 99.1 cm³/mol. The van der Waals surface area contributed by atoms with Crippen LogP contribution in [0.25, 0.3) is 0 Å². The van der Waals surface area contributed by atoms with Gasteiger partial charge in [-0.2, -0.15) is 12.6 Å². The van der Waals surface area contributed by atoms with Crippen molar-refractivity contribution >= 4 is 30.1 Å². The van der Waals surface area contributed by atoms with E-state index >= 15 is 0 Å². The Morgan fingerprint density at radius 3 is 2.13 bits per heavy atom. The Morgan fingerprint density at radius 1 is 0.957 bits per heavy atom. The minimum absolute atomic E-state index is 0. The number of ketones is 2. The molecule has 0 unspecified atom stereocenters. The van der Waals surface area contributed by atoms with Crippen LogP contribution in [0.2, 0.25) is 0 Å². The summed E-state index contributed by atoms with van der Waals surface area (Å²) in [7, 11) is 0. The van der Waals surface area contributed by atoms with Crippen LogP contribution in [0, 0.1) is 0 Å². The maximum absolute atomic E-state index is 12.0. The summed E-state index contributed by atoms with van der Waals surface area (Å²) < 4.78 is 0. The van der Waals surface area contributed by atoms with Crippen molar-refractivity contribution in [1.29, 1.82) is 0 Å². The molecule has 0 rings (SSSR count). The Labute approximate surface area is 146 Å². The minimum Gasteiger partial charge on any atom is -0.346 e. The van der Waals surface area contributed by atoms with E-state index in [0.717, 1.165) is 38.1 Å². The second-order valence-electron chi connectivity index (χ2n) is 5.62. The van der Waals surface area contributed by atoms with Gasteiger partial charge in [-0.1, -0.05) is 20.3 Å². The number of carbonyl (C=O) groups is 3. The Hall–Kier alpha value is -0.880. The smallest absolute Gasteiger partial charge is 0.217 e. The highest BCUT2D eigenvalue weighted by molar-refractivity contribution is 7.80. The first-order chi connectivity index (χ1) is 10.5. The standard InChI is InChI=1S/C16H30N2O3S.CH4/c1-13(19)12-15(18-14(2)20)16(21)8-7-10-17-9-5-3-4-6-11-22;/h15,17,22H,3-12H2,1-2H3,(H,18,20);1H4/t15-;/m0./s1.